The van der Waals surface area contributed by atoms with Crippen LogP contribution in [0.3, 0.4) is 0 Å². The van der Waals surface area contributed by atoms with Crippen molar-refractivity contribution in [1.82, 2.24) is 0 Å². The Morgan fingerprint density at radius 2 is 1.45 bits per heavy atom. The molecule has 1 aromatic heterocycles. The fourth-order valence-electron chi connectivity index (χ4n) is 3.64. The summed E-state index contributed by atoms with van der Waals surface area (Å²) in [5, 5.41) is 0.985. The maximum absolute atomic E-state index is 13.4. The lowest BCUT2D eigenvalue weighted by Gasteiger charge is -2.09. The molecule has 0 aliphatic heterocycles. The van der Waals surface area contributed by atoms with Crippen LogP contribution in [0.5, 0.6) is 5.75 Å². The highest BCUT2D eigenvalue weighted by Crippen LogP contribution is 2.31. The van der Waals surface area contributed by atoms with Gasteiger partial charge in [-0.05, 0) is 48.0 Å². The SMILES string of the molecule is COc1ccc2oc3c(-c4ccccc4)cc(C#Cc4ccccc4)cc3c(=O)c2c1. The molecule has 0 amide bonds. The Kier molecular flexibility index (Phi) is 4.74. The van der Waals surface area contributed by atoms with Gasteiger partial charge in [0.15, 0.2) is 0 Å². The summed E-state index contributed by atoms with van der Waals surface area (Å²) < 4.78 is 11.5. The quantitative estimate of drug-likeness (QED) is 0.268. The molecule has 0 spiro atoms. The summed E-state index contributed by atoms with van der Waals surface area (Å²) in [5.74, 6) is 7.00. The lowest BCUT2D eigenvalue weighted by atomic mass is 9.98. The first-order valence-corrected chi connectivity index (χ1v) is 9.94. The highest BCUT2D eigenvalue weighted by Gasteiger charge is 2.14. The molecule has 5 rings (SSSR count). The molecule has 0 saturated carbocycles. The Bertz CT molecular complexity index is 1520. The van der Waals surface area contributed by atoms with Gasteiger partial charge in [0.25, 0.3) is 0 Å². The van der Waals surface area contributed by atoms with E-state index in [1.807, 2.05) is 72.8 Å². The second-order valence-electron chi connectivity index (χ2n) is 7.18. The third-order valence-electron chi connectivity index (χ3n) is 5.19. The lowest BCUT2D eigenvalue weighted by molar-refractivity contribution is 0.415. The van der Waals surface area contributed by atoms with E-state index < -0.39 is 0 Å². The summed E-state index contributed by atoms with van der Waals surface area (Å²) in [7, 11) is 1.58. The van der Waals surface area contributed by atoms with Gasteiger partial charge in [-0.25, -0.2) is 0 Å². The molecule has 0 unspecified atom stereocenters. The lowest BCUT2D eigenvalue weighted by Crippen LogP contribution is -2.04. The zero-order chi connectivity index (χ0) is 21.2. The van der Waals surface area contributed by atoms with Gasteiger partial charge < -0.3 is 9.15 Å². The largest absolute Gasteiger partial charge is 0.497 e. The van der Waals surface area contributed by atoms with Crippen molar-refractivity contribution in [3.05, 3.63) is 112 Å². The Labute approximate surface area is 179 Å². The van der Waals surface area contributed by atoms with E-state index in [1.54, 1.807) is 25.3 Å². The van der Waals surface area contributed by atoms with E-state index >= 15 is 0 Å². The number of fused-ring (bicyclic) bond motifs is 2. The Balaban J connectivity index is 1.81. The van der Waals surface area contributed by atoms with Crippen LogP contribution in [0, 0.1) is 11.8 Å². The highest BCUT2D eigenvalue weighted by molar-refractivity contribution is 5.98. The van der Waals surface area contributed by atoms with Crippen LogP contribution in [0.15, 0.2) is 100 Å². The zero-order valence-electron chi connectivity index (χ0n) is 16.9. The van der Waals surface area contributed by atoms with Crippen molar-refractivity contribution in [2.75, 3.05) is 7.11 Å². The first-order valence-electron chi connectivity index (χ1n) is 9.94. The smallest absolute Gasteiger partial charge is 0.200 e. The van der Waals surface area contributed by atoms with Crippen molar-refractivity contribution in [1.29, 1.82) is 0 Å². The summed E-state index contributed by atoms with van der Waals surface area (Å²) in [6, 6.07) is 28.7. The number of hydrogen-bond donors (Lipinski definition) is 0. The standard InChI is InChI=1S/C28H18O3/c1-30-22-14-15-26-24(18-22)27(29)25-17-20(13-12-19-8-4-2-5-9-19)16-23(28(25)31-26)21-10-6-3-7-11-21/h2-11,14-18H,1H3. The van der Waals surface area contributed by atoms with Crippen LogP contribution < -0.4 is 10.2 Å². The van der Waals surface area contributed by atoms with Gasteiger partial charge in [0.1, 0.15) is 16.9 Å². The Hall–Kier alpha value is -4.29. The molecule has 148 valence electrons. The molecule has 3 heteroatoms. The van der Waals surface area contributed by atoms with Crippen molar-refractivity contribution in [2.45, 2.75) is 0 Å². The van der Waals surface area contributed by atoms with E-state index in [4.69, 9.17) is 9.15 Å². The van der Waals surface area contributed by atoms with Gasteiger partial charge in [-0.3, -0.25) is 4.79 Å². The van der Waals surface area contributed by atoms with Gasteiger partial charge in [0.2, 0.25) is 5.43 Å². The topological polar surface area (TPSA) is 39.4 Å². The molecule has 1 heterocycles. The van der Waals surface area contributed by atoms with Crippen molar-refractivity contribution in [3.63, 3.8) is 0 Å². The van der Waals surface area contributed by atoms with Crippen molar-refractivity contribution in [2.24, 2.45) is 0 Å². The minimum absolute atomic E-state index is 0.101. The predicted octanol–water partition coefficient (Wildman–Crippen LogP) is 6.02. The van der Waals surface area contributed by atoms with Crippen LogP contribution in [0.4, 0.5) is 0 Å². The monoisotopic (exact) mass is 402 g/mol. The molecule has 0 fully saturated rings. The average Bonchev–Trinajstić information content (AvgIpc) is 2.84. The molecule has 0 atom stereocenters. The molecule has 0 saturated heterocycles. The second kappa shape index (κ2) is 7.85. The summed E-state index contributed by atoms with van der Waals surface area (Å²) in [6.07, 6.45) is 0. The van der Waals surface area contributed by atoms with E-state index in [0.717, 1.165) is 22.3 Å². The maximum Gasteiger partial charge on any atom is 0.200 e. The summed E-state index contributed by atoms with van der Waals surface area (Å²) in [4.78, 5) is 13.4. The van der Waals surface area contributed by atoms with E-state index in [9.17, 15) is 4.79 Å². The zero-order valence-corrected chi connectivity index (χ0v) is 16.9. The molecule has 0 aliphatic carbocycles. The first-order chi connectivity index (χ1) is 15.2. The third kappa shape index (κ3) is 3.56. The van der Waals surface area contributed by atoms with Crippen LogP contribution in [-0.4, -0.2) is 7.11 Å². The number of methoxy groups -OCH3 is 1. The van der Waals surface area contributed by atoms with Crippen molar-refractivity contribution < 1.29 is 9.15 Å². The summed E-state index contributed by atoms with van der Waals surface area (Å²) in [6.45, 7) is 0. The minimum Gasteiger partial charge on any atom is -0.497 e. The number of benzene rings is 4. The van der Waals surface area contributed by atoms with Crippen molar-refractivity contribution in [3.8, 4) is 28.7 Å². The van der Waals surface area contributed by atoms with Gasteiger partial charge in [0.05, 0.1) is 17.9 Å². The molecule has 5 aromatic rings. The fraction of sp³-hybridized carbons (Fsp3) is 0.0357. The fourth-order valence-corrected chi connectivity index (χ4v) is 3.64. The second-order valence-corrected chi connectivity index (χ2v) is 7.18. The van der Waals surface area contributed by atoms with Crippen LogP contribution in [0.25, 0.3) is 33.1 Å². The molecule has 0 radical (unpaired) electrons. The molecule has 3 nitrogen and oxygen atoms in total. The van der Waals surface area contributed by atoms with E-state index in [2.05, 4.69) is 11.8 Å². The minimum atomic E-state index is -0.101. The van der Waals surface area contributed by atoms with E-state index in [0.29, 0.717) is 27.7 Å². The van der Waals surface area contributed by atoms with Gasteiger partial charge in [-0.2, -0.15) is 0 Å². The molecule has 4 aromatic carbocycles. The van der Waals surface area contributed by atoms with Crippen LogP contribution in [-0.2, 0) is 0 Å². The maximum atomic E-state index is 13.4. The van der Waals surface area contributed by atoms with E-state index in [1.165, 1.54) is 0 Å². The van der Waals surface area contributed by atoms with Gasteiger partial charge in [0, 0.05) is 16.7 Å². The van der Waals surface area contributed by atoms with Crippen molar-refractivity contribution >= 4 is 21.9 Å². The van der Waals surface area contributed by atoms with E-state index in [-0.39, 0.29) is 5.43 Å². The molecular weight excluding hydrogens is 384 g/mol. The van der Waals surface area contributed by atoms with Crippen LogP contribution in [0.1, 0.15) is 11.1 Å². The number of ether oxygens (including phenoxy) is 1. The average molecular weight is 402 g/mol. The third-order valence-corrected chi connectivity index (χ3v) is 5.19. The predicted molar refractivity (Wildman–Crippen MR) is 124 cm³/mol. The summed E-state index contributed by atoms with van der Waals surface area (Å²) in [5.41, 5.74) is 4.45. The molecule has 31 heavy (non-hydrogen) atoms. The van der Waals surface area contributed by atoms with Gasteiger partial charge >= 0.3 is 0 Å². The van der Waals surface area contributed by atoms with Gasteiger partial charge in [-0.1, -0.05) is 60.4 Å². The Morgan fingerprint density at radius 1 is 0.742 bits per heavy atom. The molecular formula is C28H18O3. The Morgan fingerprint density at radius 3 is 2.19 bits per heavy atom. The highest BCUT2D eigenvalue weighted by atomic mass is 16.5. The van der Waals surface area contributed by atoms with Crippen LogP contribution >= 0.6 is 0 Å². The van der Waals surface area contributed by atoms with Crippen LogP contribution in [0.2, 0.25) is 0 Å². The first kappa shape index (κ1) is 18.7. The molecule has 0 bridgehead atoms. The van der Waals surface area contributed by atoms with Gasteiger partial charge in [-0.15, -0.1) is 0 Å². The number of hydrogen-bond acceptors (Lipinski definition) is 3. The molecule has 0 aliphatic rings. The number of rotatable bonds is 2. The summed E-state index contributed by atoms with van der Waals surface area (Å²) >= 11 is 0. The normalized spacial score (nSPS) is 10.6. The molecule has 0 N–H and O–H groups in total.